The lowest BCUT2D eigenvalue weighted by Gasteiger charge is -2.37. The first kappa shape index (κ1) is 11.1. The van der Waals surface area contributed by atoms with E-state index < -0.39 is 0 Å². The van der Waals surface area contributed by atoms with Crippen LogP contribution in [0.3, 0.4) is 0 Å². The van der Waals surface area contributed by atoms with Crippen LogP contribution in [0.5, 0.6) is 0 Å². The SMILES string of the molecule is CCN(C1CCCCC1)C1CCC(=O)C1. The summed E-state index contributed by atoms with van der Waals surface area (Å²) in [5.74, 6) is 0.481. The lowest BCUT2D eigenvalue weighted by atomic mass is 9.93. The third-order valence-corrected chi connectivity index (χ3v) is 4.10. The van der Waals surface area contributed by atoms with Gasteiger partial charge in [0.2, 0.25) is 0 Å². The van der Waals surface area contributed by atoms with Gasteiger partial charge in [-0.1, -0.05) is 26.2 Å². The molecule has 2 saturated carbocycles. The summed E-state index contributed by atoms with van der Waals surface area (Å²) in [6, 6.07) is 1.35. The Balaban J connectivity index is 1.93. The van der Waals surface area contributed by atoms with Gasteiger partial charge < -0.3 is 0 Å². The number of rotatable bonds is 3. The molecule has 2 heteroatoms. The lowest BCUT2D eigenvalue weighted by Crippen LogP contribution is -2.43. The monoisotopic (exact) mass is 209 g/mol. The van der Waals surface area contributed by atoms with E-state index in [-0.39, 0.29) is 0 Å². The van der Waals surface area contributed by atoms with E-state index in [2.05, 4.69) is 11.8 Å². The molecule has 2 fully saturated rings. The Kier molecular flexibility index (Phi) is 3.79. The number of hydrogen-bond acceptors (Lipinski definition) is 2. The Labute approximate surface area is 93.0 Å². The van der Waals surface area contributed by atoms with Gasteiger partial charge in [0.1, 0.15) is 5.78 Å². The number of ketones is 1. The molecule has 2 nitrogen and oxygen atoms in total. The summed E-state index contributed by atoms with van der Waals surface area (Å²) < 4.78 is 0. The topological polar surface area (TPSA) is 20.3 Å². The fraction of sp³-hybridized carbons (Fsp3) is 0.923. The third kappa shape index (κ3) is 2.60. The van der Waals surface area contributed by atoms with Crippen molar-refractivity contribution in [2.75, 3.05) is 6.54 Å². The molecule has 1 unspecified atom stereocenters. The van der Waals surface area contributed by atoms with Gasteiger partial charge in [0.05, 0.1) is 0 Å². The molecular weight excluding hydrogens is 186 g/mol. The molecule has 0 amide bonds. The highest BCUT2D eigenvalue weighted by Crippen LogP contribution is 2.29. The molecule has 2 aliphatic carbocycles. The van der Waals surface area contributed by atoms with Crippen molar-refractivity contribution in [3.05, 3.63) is 0 Å². The summed E-state index contributed by atoms with van der Waals surface area (Å²) in [5.41, 5.74) is 0. The maximum Gasteiger partial charge on any atom is 0.134 e. The van der Waals surface area contributed by atoms with Gasteiger partial charge in [-0.25, -0.2) is 0 Å². The van der Waals surface area contributed by atoms with E-state index in [1.54, 1.807) is 0 Å². The smallest absolute Gasteiger partial charge is 0.134 e. The Morgan fingerprint density at radius 3 is 2.40 bits per heavy atom. The van der Waals surface area contributed by atoms with E-state index in [4.69, 9.17) is 0 Å². The Bertz CT molecular complexity index is 221. The van der Waals surface area contributed by atoms with Gasteiger partial charge in [-0.3, -0.25) is 9.69 Å². The first-order chi connectivity index (χ1) is 7.31. The molecule has 86 valence electrons. The molecule has 0 bridgehead atoms. The van der Waals surface area contributed by atoms with Gasteiger partial charge in [-0.2, -0.15) is 0 Å². The maximum atomic E-state index is 11.3. The number of carbonyl (C=O) groups is 1. The zero-order valence-corrected chi connectivity index (χ0v) is 9.87. The fourth-order valence-electron chi connectivity index (χ4n) is 3.30. The van der Waals surface area contributed by atoms with Crippen LogP contribution in [0.25, 0.3) is 0 Å². The van der Waals surface area contributed by atoms with Crippen LogP contribution in [0.15, 0.2) is 0 Å². The van der Waals surface area contributed by atoms with E-state index in [1.807, 2.05) is 0 Å². The van der Waals surface area contributed by atoms with Gasteiger partial charge >= 0.3 is 0 Å². The van der Waals surface area contributed by atoms with Gasteiger partial charge in [0, 0.05) is 24.9 Å². The molecule has 0 heterocycles. The van der Waals surface area contributed by atoms with Gasteiger partial charge in [0.15, 0.2) is 0 Å². The Hall–Kier alpha value is -0.370. The summed E-state index contributed by atoms with van der Waals surface area (Å²) in [5, 5.41) is 0. The van der Waals surface area contributed by atoms with Crippen molar-refractivity contribution in [2.45, 2.75) is 70.4 Å². The lowest BCUT2D eigenvalue weighted by molar-refractivity contribution is -0.117. The van der Waals surface area contributed by atoms with Crippen molar-refractivity contribution in [1.82, 2.24) is 4.90 Å². The van der Waals surface area contributed by atoms with Crippen LogP contribution in [-0.2, 0) is 4.79 Å². The molecule has 0 aromatic heterocycles. The molecule has 15 heavy (non-hydrogen) atoms. The molecule has 0 aromatic carbocycles. The minimum atomic E-state index is 0.481. The highest BCUT2D eigenvalue weighted by molar-refractivity contribution is 5.81. The van der Waals surface area contributed by atoms with Gasteiger partial charge in [-0.05, 0) is 25.8 Å². The van der Waals surface area contributed by atoms with Crippen LogP contribution in [0.4, 0.5) is 0 Å². The van der Waals surface area contributed by atoms with Crippen LogP contribution in [-0.4, -0.2) is 29.3 Å². The van der Waals surface area contributed by atoms with Crippen molar-refractivity contribution in [3.8, 4) is 0 Å². The summed E-state index contributed by atoms with van der Waals surface area (Å²) >= 11 is 0. The van der Waals surface area contributed by atoms with Crippen LogP contribution >= 0.6 is 0 Å². The van der Waals surface area contributed by atoms with Gasteiger partial charge in [-0.15, -0.1) is 0 Å². The average Bonchev–Trinajstić information content (AvgIpc) is 2.68. The van der Waals surface area contributed by atoms with E-state index in [1.165, 1.54) is 32.1 Å². The van der Waals surface area contributed by atoms with Crippen molar-refractivity contribution in [3.63, 3.8) is 0 Å². The maximum absolute atomic E-state index is 11.3. The highest BCUT2D eigenvalue weighted by atomic mass is 16.1. The zero-order valence-electron chi connectivity index (χ0n) is 9.87. The van der Waals surface area contributed by atoms with Crippen LogP contribution in [0, 0.1) is 0 Å². The number of Topliss-reactive ketones (excluding diaryl/α,β-unsaturated/α-hetero) is 1. The first-order valence-electron chi connectivity index (χ1n) is 6.58. The number of carbonyl (C=O) groups excluding carboxylic acids is 1. The van der Waals surface area contributed by atoms with Crippen molar-refractivity contribution in [2.24, 2.45) is 0 Å². The summed E-state index contributed by atoms with van der Waals surface area (Å²) in [6.07, 6.45) is 9.68. The highest BCUT2D eigenvalue weighted by Gasteiger charge is 2.31. The molecule has 2 aliphatic rings. The Morgan fingerprint density at radius 1 is 1.13 bits per heavy atom. The minimum absolute atomic E-state index is 0.481. The van der Waals surface area contributed by atoms with Crippen molar-refractivity contribution >= 4 is 5.78 Å². The zero-order chi connectivity index (χ0) is 10.7. The van der Waals surface area contributed by atoms with Crippen molar-refractivity contribution in [1.29, 1.82) is 0 Å². The van der Waals surface area contributed by atoms with Crippen LogP contribution in [0.1, 0.15) is 58.3 Å². The van der Waals surface area contributed by atoms with Gasteiger partial charge in [0.25, 0.3) is 0 Å². The third-order valence-electron chi connectivity index (χ3n) is 4.10. The quantitative estimate of drug-likeness (QED) is 0.712. The number of hydrogen-bond donors (Lipinski definition) is 0. The van der Waals surface area contributed by atoms with E-state index in [0.717, 1.165) is 31.8 Å². The summed E-state index contributed by atoms with van der Waals surface area (Å²) in [6.45, 7) is 3.38. The minimum Gasteiger partial charge on any atom is -0.300 e. The molecule has 0 aromatic rings. The normalized spacial score (nSPS) is 28.9. The average molecular weight is 209 g/mol. The standard InChI is InChI=1S/C13H23NO/c1-2-14(11-6-4-3-5-7-11)12-8-9-13(15)10-12/h11-12H,2-10H2,1H3. The molecule has 2 rings (SSSR count). The second-order valence-corrected chi connectivity index (χ2v) is 5.06. The predicted octanol–water partition coefficient (Wildman–Crippen LogP) is 2.76. The molecule has 0 spiro atoms. The fourth-order valence-corrected chi connectivity index (χ4v) is 3.30. The first-order valence-corrected chi connectivity index (χ1v) is 6.58. The summed E-state index contributed by atoms with van der Waals surface area (Å²) in [4.78, 5) is 13.9. The Morgan fingerprint density at radius 2 is 1.87 bits per heavy atom. The largest absolute Gasteiger partial charge is 0.300 e. The van der Waals surface area contributed by atoms with E-state index >= 15 is 0 Å². The predicted molar refractivity (Wildman–Crippen MR) is 61.9 cm³/mol. The summed E-state index contributed by atoms with van der Waals surface area (Å²) in [7, 11) is 0. The second-order valence-electron chi connectivity index (χ2n) is 5.06. The molecular formula is C13H23NO. The van der Waals surface area contributed by atoms with E-state index in [0.29, 0.717) is 11.8 Å². The second kappa shape index (κ2) is 5.11. The van der Waals surface area contributed by atoms with Crippen molar-refractivity contribution < 1.29 is 4.79 Å². The molecule has 0 radical (unpaired) electrons. The van der Waals surface area contributed by atoms with Crippen LogP contribution in [0.2, 0.25) is 0 Å². The molecule has 0 saturated heterocycles. The van der Waals surface area contributed by atoms with Crippen LogP contribution < -0.4 is 0 Å². The van der Waals surface area contributed by atoms with E-state index in [9.17, 15) is 4.79 Å². The molecule has 0 N–H and O–H groups in total. The number of nitrogens with zero attached hydrogens (tertiary/aromatic N) is 1. The molecule has 0 aliphatic heterocycles. The molecule has 1 atom stereocenters.